The van der Waals surface area contributed by atoms with Crippen LogP contribution in [-0.2, 0) is 13.0 Å². The molecule has 1 amide bonds. The molecule has 0 spiro atoms. The number of aromatic nitrogens is 2. The van der Waals surface area contributed by atoms with Gasteiger partial charge in [-0.25, -0.2) is 4.68 Å². The second-order valence-electron chi connectivity index (χ2n) is 7.17. The molecule has 0 radical (unpaired) electrons. The zero-order valence-corrected chi connectivity index (χ0v) is 17.7. The molecule has 7 heteroatoms. The third-order valence-corrected chi connectivity index (χ3v) is 6.48. The standard InChI is InChI=1S/C23H19ClN4OS/c24-18-4-3-5-19(12-18)28-15-17(13-25-28)23(29)26-20-6-1-2-7-21(20)27-10-8-22-16(14-27)9-11-30-22/h1-7,9,11-13,15H,8,10,14H2,(H,26,29). The van der Waals surface area contributed by atoms with Crippen molar-refractivity contribution in [3.05, 3.63) is 93.4 Å². The Bertz CT molecular complexity index is 1220. The van der Waals surface area contributed by atoms with Crippen LogP contribution in [-0.4, -0.2) is 22.2 Å². The Balaban J connectivity index is 1.36. The summed E-state index contributed by atoms with van der Waals surface area (Å²) in [7, 11) is 0. The van der Waals surface area contributed by atoms with Crippen LogP contribution < -0.4 is 10.2 Å². The van der Waals surface area contributed by atoms with Crippen LogP contribution in [0.15, 0.2) is 72.4 Å². The van der Waals surface area contributed by atoms with E-state index in [0.29, 0.717) is 10.6 Å². The average molecular weight is 435 g/mol. The zero-order chi connectivity index (χ0) is 20.5. The molecule has 0 saturated heterocycles. The van der Waals surface area contributed by atoms with Gasteiger partial charge in [0.2, 0.25) is 0 Å². The van der Waals surface area contributed by atoms with Gasteiger partial charge in [-0.3, -0.25) is 4.79 Å². The van der Waals surface area contributed by atoms with Gasteiger partial charge in [0.05, 0.1) is 28.8 Å². The van der Waals surface area contributed by atoms with Gasteiger partial charge in [0.1, 0.15) is 0 Å². The molecule has 0 unspecified atom stereocenters. The largest absolute Gasteiger partial charge is 0.365 e. The molecule has 3 heterocycles. The summed E-state index contributed by atoms with van der Waals surface area (Å²) in [5.74, 6) is -0.191. The van der Waals surface area contributed by atoms with Gasteiger partial charge in [0.25, 0.3) is 5.91 Å². The molecule has 1 N–H and O–H groups in total. The summed E-state index contributed by atoms with van der Waals surface area (Å²) >= 11 is 7.88. The van der Waals surface area contributed by atoms with Crippen molar-refractivity contribution in [2.24, 2.45) is 0 Å². The fourth-order valence-electron chi connectivity index (χ4n) is 3.70. The maximum absolute atomic E-state index is 12.9. The maximum Gasteiger partial charge on any atom is 0.258 e. The number of amides is 1. The maximum atomic E-state index is 12.9. The quantitative estimate of drug-likeness (QED) is 0.467. The third kappa shape index (κ3) is 3.72. The molecule has 2 aromatic carbocycles. The van der Waals surface area contributed by atoms with E-state index in [4.69, 9.17) is 11.6 Å². The van der Waals surface area contributed by atoms with E-state index in [-0.39, 0.29) is 5.91 Å². The molecule has 5 nitrogen and oxygen atoms in total. The van der Waals surface area contributed by atoms with Gasteiger partial charge < -0.3 is 10.2 Å². The van der Waals surface area contributed by atoms with Gasteiger partial charge in [0.15, 0.2) is 0 Å². The highest BCUT2D eigenvalue weighted by molar-refractivity contribution is 7.10. The second-order valence-corrected chi connectivity index (χ2v) is 8.60. The fraction of sp³-hybridized carbons (Fsp3) is 0.130. The van der Waals surface area contributed by atoms with Crippen LogP contribution in [0, 0.1) is 0 Å². The minimum Gasteiger partial charge on any atom is -0.365 e. The molecule has 4 aromatic rings. The summed E-state index contributed by atoms with van der Waals surface area (Å²) in [6, 6.07) is 17.5. The van der Waals surface area contributed by atoms with Crippen LogP contribution in [0.4, 0.5) is 11.4 Å². The van der Waals surface area contributed by atoms with Crippen molar-refractivity contribution < 1.29 is 4.79 Å². The van der Waals surface area contributed by atoms with E-state index < -0.39 is 0 Å². The number of benzene rings is 2. The van der Waals surface area contributed by atoms with Gasteiger partial charge in [-0.1, -0.05) is 29.8 Å². The highest BCUT2D eigenvalue weighted by Crippen LogP contribution is 2.32. The lowest BCUT2D eigenvalue weighted by atomic mass is 10.1. The average Bonchev–Trinajstić information content (AvgIpc) is 3.43. The van der Waals surface area contributed by atoms with Crippen molar-refractivity contribution in [2.45, 2.75) is 13.0 Å². The predicted molar refractivity (Wildman–Crippen MR) is 122 cm³/mol. The summed E-state index contributed by atoms with van der Waals surface area (Å²) in [6.07, 6.45) is 4.31. The summed E-state index contributed by atoms with van der Waals surface area (Å²) < 4.78 is 1.65. The second kappa shape index (κ2) is 7.97. The Hall–Kier alpha value is -3.09. The highest BCUT2D eigenvalue weighted by atomic mass is 35.5. The Morgan fingerprint density at radius 2 is 2.03 bits per heavy atom. The molecule has 5 rings (SSSR count). The highest BCUT2D eigenvalue weighted by Gasteiger charge is 2.20. The molecular formula is C23H19ClN4OS. The Morgan fingerprint density at radius 1 is 1.13 bits per heavy atom. The number of carbonyl (C=O) groups excluding carboxylic acids is 1. The number of nitrogens with zero attached hydrogens (tertiary/aromatic N) is 3. The molecule has 0 saturated carbocycles. The summed E-state index contributed by atoms with van der Waals surface area (Å²) in [6.45, 7) is 1.80. The van der Waals surface area contributed by atoms with Gasteiger partial charge in [-0.05, 0) is 53.8 Å². The Kier molecular flexibility index (Phi) is 5.02. The first kappa shape index (κ1) is 18.9. The molecule has 2 aromatic heterocycles. The number of fused-ring (bicyclic) bond motifs is 1. The van der Waals surface area contributed by atoms with Crippen molar-refractivity contribution >= 4 is 40.2 Å². The monoisotopic (exact) mass is 434 g/mol. The first-order valence-electron chi connectivity index (χ1n) is 9.68. The van der Waals surface area contributed by atoms with Crippen molar-refractivity contribution in [3.63, 3.8) is 0 Å². The van der Waals surface area contributed by atoms with Crippen molar-refractivity contribution in [2.75, 3.05) is 16.8 Å². The topological polar surface area (TPSA) is 50.2 Å². The van der Waals surface area contributed by atoms with Crippen LogP contribution in [0.5, 0.6) is 0 Å². The lowest BCUT2D eigenvalue weighted by Gasteiger charge is -2.30. The SMILES string of the molecule is O=C(Nc1ccccc1N1CCc2sccc2C1)c1cnn(-c2cccc(Cl)c2)c1. The zero-order valence-electron chi connectivity index (χ0n) is 16.1. The minimum absolute atomic E-state index is 0.191. The van der Waals surface area contributed by atoms with E-state index in [1.54, 1.807) is 29.2 Å². The van der Waals surface area contributed by atoms with Crippen molar-refractivity contribution in [1.29, 1.82) is 0 Å². The first-order chi connectivity index (χ1) is 14.7. The molecule has 0 atom stereocenters. The van der Waals surface area contributed by atoms with Crippen molar-refractivity contribution in [1.82, 2.24) is 9.78 Å². The number of hydrogen-bond acceptors (Lipinski definition) is 4. The smallest absolute Gasteiger partial charge is 0.258 e. The van der Waals surface area contributed by atoms with Gasteiger partial charge >= 0.3 is 0 Å². The molecule has 1 aliphatic rings. The summed E-state index contributed by atoms with van der Waals surface area (Å²) in [5.41, 5.74) is 4.50. The van der Waals surface area contributed by atoms with Gasteiger partial charge in [0, 0.05) is 29.2 Å². The predicted octanol–water partition coefficient (Wildman–Crippen LogP) is 5.40. The Labute approximate surface area is 183 Å². The molecule has 30 heavy (non-hydrogen) atoms. The number of rotatable bonds is 4. The van der Waals surface area contributed by atoms with Gasteiger partial charge in [-0.15, -0.1) is 11.3 Å². The lowest BCUT2D eigenvalue weighted by Crippen LogP contribution is -2.30. The van der Waals surface area contributed by atoms with Crippen molar-refractivity contribution in [3.8, 4) is 5.69 Å². The number of hydrogen-bond donors (Lipinski definition) is 1. The van der Waals surface area contributed by atoms with Gasteiger partial charge in [-0.2, -0.15) is 5.10 Å². The molecule has 0 bridgehead atoms. The Morgan fingerprint density at radius 3 is 2.93 bits per heavy atom. The van der Waals surface area contributed by atoms with Crippen LogP contribution in [0.1, 0.15) is 20.8 Å². The van der Waals surface area contributed by atoms with E-state index in [1.807, 2.05) is 41.7 Å². The number of nitrogens with one attached hydrogen (secondary N) is 1. The number of para-hydroxylation sites is 2. The molecule has 0 aliphatic carbocycles. The van der Waals surface area contributed by atoms with E-state index in [0.717, 1.165) is 36.6 Å². The molecule has 150 valence electrons. The molecule has 0 fully saturated rings. The number of thiophene rings is 1. The summed E-state index contributed by atoms with van der Waals surface area (Å²) in [4.78, 5) is 16.7. The normalized spacial score (nSPS) is 13.2. The number of anilines is 2. The number of carbonyl (C=O) groups is 1. The summed E-state index contributed by atoms with van der Waals surface area (Å²) in [5, 5.41) is 10.1. The first-order valence-corrected chi connectivity index (χ1v) is 10.9. The van der Waals surface area contributed by atoms with E-state index in [9.17, 15) is 4.79 Å². The lowest BCUT2D eigenvalue weighted by molar-refractivity contribution is 0.102. The van der Waals surface area contributed by atoms with Crippen LogP contribution >= 0.6 is 22.9 Å². The van der Waals surface area contributed by atoms with E-state index in [1.165, 1.54) is 10.4 Å². The van der Waals surface area contributed by atoms with E-state index >= 15 is 0 Å². The van der Waals surface area contributed by atoms with Crippen LogP contribution in [0.3, 0.4) is 0 Å². The third-order valence-electron chi connectivity index (χ3n) is 5.22. The fourth-order valence-corrected chi connectivity index (χ4v) is 4.78. The van der Waals surface area contributed by atoms with Crippen LogP contribution in [0.25, 0.3) is 5.69 Å². The molecule has 1 aliphatic heterocycles. The molecular weight excluding hydrogens is 416 g/mol. The minimum atomic E-state index is -0.191. The van der Waals surface area contributed by atoms with Crippen LogP contribution in [0.2, 0.25) is 5.02 Å². The number of halogens is 1. The van der Waals surface area contributed by atoms with E-state index in [2.05, 4.69) is 32.8 Å².